The highest BCUT2D eigenvalue weighted by molar-refractivity contribution is 5.95. The second-order valence-electron chi connectivity index (χ2n) is 8.23. The van der Waals surface area contributed by atoms with E-state index in [1.54, 1.807) is 7.11 Å². The molecule has 4 rings (SSSR count). The van der Waals surface area contributed by atoms with E-state index >= 15 is 0 Å². The van der Waals surface area contributed by atoms with Gasteiger partial charge in [-0.05, 0) is 72.7 Å². The number of methoxy groups -OCH3 is 1. The fraction of sp³-hybridized carbons (Fsp3) is 0.458. The molecule has 0 aliphatic carbocycles. The van der Waals surface area contributed by atoms with Gasteiger partial charge in [0.05, 0.1) is 7.11 Å². The zero-order chi connectivity index (χ0) is 20.4. The van der Waals surface area contributed by atoms with Crippen LogP contribution in [-0.2, 0) is 17.7 Å². The molecule has 2 aliphatic rings. The predicted molar refractivity (Wildman–Crippen MR) is 115 cm³/mol. The van der Waals surface area contributed by atoms with Gasteiger partial charge in [-0.3, -0.25) is 4.79 Å². The average Bonchev–Trinajstić information content (AvgIpc) is 2.78. The number of hydrogen-bond donors (Lipinski definition) is 0. The Bertz CT molecular complexity index is 857. The van der Waals surface area contributed by atoms with Crippen LogP contribution < -0.4 is 9.64 Å². The first-order chi connectivity index (χ1) is 14.1. The molecule has 0 aromatic heterocycles. The van der Waals surface area contributed by atoms with Crippen LogP contribution in [0.4, 0.5) is 5.69 Å². The summed E-state index contributed by atoms with van der Waals surface area (Å²) >= 11 is 0. The fourth-order valence-corrected chi connectivity index (χ4v) is 4.52. The summed E-state index contributed by atoms with van der Waals surface area (Å²) in [6.07, 6.45) is 2.89. The van der Waals surface area contributed by atoms with Gasteiger partial charge in [0, 0.05) is 51.1 Å². The smallest absolute Gasteiger partial charge is 0.254 e. The zero-order valence-corrected chi connectivity index (χ0v) is 17.6. The summed E-state index contributed by atoms with van der Waals surface area (Å²) < 4.78 is 11.0. The zero-order valence-electron chi connectivity index (χ0n) is 17.6. The van der Waals surface area contributed by atoms with E-state index in [1.807, 2.05) is 49.3 Å². The van der Waals surface area contributed by atoms with Gasteiger partial charge in [-0.2, -0.15) is 0 Å². The third-order valence-electron chi connectivity index (χ3n) is 6.29. The molecule has 1 atom stereocenters. The van der Waals surface area contributed by atoms with Crippen LogP contribution in [0.15, 0.2) is 42.5 Å². The lowest BCUT2D eigenvalue weighted by Crippen LogP contribution is -2.49. The van der Waals surface area contributed by atoms with Crippen molar-refractivity contribution in [1.29, 1.82) is 0 Å². The van der Waals surface area contributed by atoms with Gasteiger partial charge in [-0.1, -0.05) is 6.07 Å². The first-order valence-electron chi connectivity index (χ1n) is 10.4. The van der Waals surface area contributed by atoms with E-state index in [1.165, 1.54) is 11.1 Å². The molecule has 2 heterocycles. The van der Waals surface area contributed by atoms with Crippen LogP contribution in [0.3, 0.4) is 0 Å². The Morgan fingerprint density at radius 1 is 1.07 bits per heavy atom. The predicted octanol–water partition coefficient (Wildman–Crippen LogP) is 3.75. The number of amides is 1. The summed E-state index contributed by atoms with van der Waals surface area (Å²) in [4.78, 5) is 17.7. The van der Waals surface area contributed by atoms with Crippen LogP contribution >= 0.6 is 0 Å². The molecule has 0 saturated carbocycles. The Kier molecular flexibility index (Phi) is 5.76. The molecule has 1 fully saturated rings. The minimum Gasteiger partial charge on any atom is -0.497 e. The topological polar surface area (TPSA) is 42.0 Å². The molecule has 2 aromatic carbocycles. The number of ether oxygens (including phenoxy) is 2. The van der Waals surface area contributed by atoms with Crippen molar-refractivity contribution < 1.29 is 14.3 Å². The Balaban J connectivity index is 1.64. The summed E-state index contributed by atoms with van der Waals surface area (Å²) in [7, 11) is 5.72. The maximum Gasteiger partial charge on any atom is 0.254 e. The van der Waals surface area contributed by atoms with E-state index in [2.05, 4.69) is 17.0 Å². The van der Waals surface area contributed by atoms with Crippen LogP contribution in [0.25, 0.3) is 0 Å². The highest BCUT2D eigenvalue weighted by Gasteiger charge is 2.36. The molecular weight excluding hydrogens is 364 g/mol. The molecule has 2 aromatic rings. The summed E-state index contributed by atoms with van der Waals surface area (Å²) in [5.74, 6) is 1.47. The van der Waals surface area contributed by atoms with Gasteiger partial charge in [0.25, 0.3) is 5.91 Å². The Morgan fingerprint density at radius 2 is 1.79 bits per heavy atom. The number of benzene rings is 2. The number of nitrogens with zero attached hydrogens (tertiary/aromatic N) is 2. The van der Waals surface area contributed by atoms with Gasteiger partial charge in [-0.25, -0.2) is 0 Å². The third kappa shape index (κ3) is 4.10. The number of fused-ring (bicyclic) bond motifs is 1. The maximum absolute atomic E-state index is 13.5. The van der Waals surface area contributed by atoms with Crippen molar-refractivity contribution in [2.45, 2.75) is 31.8 Å². The van der Waals surface area contributed by atoms with Crippen molar-refractivity contribution in [2.24, 2.45) is 5.92 Å². The van der Waals surface area contributed by atoms with Crippen LogP contribution in [0.1, 0.15) is 34.3 Å². The van der Waals surface area contributed by atoms with Crippen molar-refractivity contribution in [3.8, 4) is 5.75 Å². The minimum absolute atomic E-state index is 0.119. The highest BCUT2D eigenvalue weighted by atomic mass is 16.5. The molecule has 5 nitrogen and oxygen atoms in total. The van der Waals surface area contributed by atoms with Gasteiger partial charge in [0.15, 0.2) is 0 Å². The number of carbonyl (C=O) groups is 1. The summed E-state index contributed by atoms with van der Waals surface area (Å²) in [5, 5.41) is 0. The molecule has 29 heavy (non-hydrogen) atoms. The Hall–Kier alpha value is -2.53. The number of carbonyl (C=O) groups excluding carboxylic acids is 1. The minimum atomic E-state index is 0.119. The molecular formula is C24H30N2O3. The molecule has 2 aliphatic heterocycles. The van der Waals surface area contributed by atoms with Gasteiger partial charge < -0.3 is 19.3 Å². The van der Waals surface area contributed by atoms with Gasteiger partial charge in [0.2, 0.25) is 0 Å². The molecule has 0 spiro atoms. The summed E-state index contributed by atoms with van der Waals surface area (Å²) in [6, 6.07) is 14.3. The lowest BCUT2D eigenvalue weighted by Gasteiger charge is -2.42. The summed E-state index contributed by atoms with van der Waals surface area (Å²) in [6.45, 7) is 2.22. The van der Waals surface area contributed by atoms with Gasteiger partial charge in [0.1, 0.15) is 5.75 Å². The fourth-order valence-electron chi connectivity index (χ4n) is 4.52. The average molecular weight is 395 g/mol. The van der Waals surface area contributed by atoms with Crippen LogP contribution in [-0.4, -0.2) is 51.3 Å². The van der Waals surface area contributed by atoms with Crippen LogP contribution in [0.5, 0.6) is 5.75 Å². The monoisotopic (exact) mass is 394 g/mol. The molecule has 0 N–H and O–H groups in total. The lowest BCUT2D eigenvalue weighted by atomic mass is 9.82. The van der Waals surface area contributed by atoms with E-state index in [0.29, 0.717) is 12.5 Å². The number of anilines is 1. The van der Waals surface area contributed by atoms with Crippen molar-refractivity contribution in [2.75, 3.05) is 39.3 Å². The van der Waals surface area contributed by atoms with E-state index in [4.69, 9.17) is 9.47 Å². The van der Waals surface area contributed by atoms with Crippen molar-refractivity contribution in [1.82, 2.24) is 4.90 Å². The van der Waals surface area contributed by atoms with Crippen molar-refractivity contribution in [3.05, 3.63) is 59.2 Å². The molecule has 154 valence electrons. The van der Waals surface area contributed by atoms with Crippen molar-refractivity contribution in [3.63, 3.8) is 0 Å². The van der Waals surface area contributed by atoms with Crippen LogP contribution in [0, 0.1) is 5.92 Å². The normalized spacial score (nSPS) is 19.6. The molecule has 1 amide bonds. The molecule has 0 radical (unpaired) electrons. The molecule has 5 heteroatoms. The van der Waals surface area contributed by atoms with E-state index in [0.717, 1.165) is 49.5 Å². The molecule has 0 unspecified atom stereocenters. The first-order valence-corrected chi connectivity index (χ1v) is 10.4. The Morgan fingerprint density at radius 3 is 2.45 bits per heavy atom. The number of rotatable bonds is 4. The molecule has 1 saturated heterocycles. The summed E-state index contributed by atoms with van der Waals surface area (Å²) in [5.41, 5.74) is 4.36. The second-order valence-corrected chi connectivity index (χ2v) is 8.23. The van der Waals surface area contributed by atoms with E-state index in [-0.39, 0.29) is 11.9 Å². The van der Waals surface area contributed by atoms with Gasteiger partial charge >= 0.3 is 0 Å². The van der Waals surface area contributed by atoms with Crippen molar-refractivity contribution >= 4 is 11.6 Å². The van der Waals surface area contributed by atoms with E-state index < -0.39 is 0 Å². The second kappa shape index (κ2) is 8.46. The number of hydrogen-bond acceptors (Lipinski definition) is 4. The SMILES string of the molecule is COc1ccc2c(c1)C[C@H](C1CCOCC1)N(C(=O)c1ccc(N(C)C)cc1)C2. The first kappa shape index (κ1) is 19.8. The standard InChI is InChI=1S/C24H30N2O3/c1-25(2)21-7-4-18(5-8-21)24(27)26-16-19-6-9-22(28-3)14-20(19)15-23(26)17-10-12-29-13-11-17/h4-9,14,17,23H,10-13,15-16H2,1-3H3/t23-/m1/s1. The lowest BCUT2D eigenvalue weighted by molar-refractivity contribution is 0.0180. The van der Waals surface area contributed by atoms with E-state index in [9.17, 15) is 4.79 Å². The molecule has 0 bridgehead atoms. The third-order valence-corrected chi connectivity index (χ3v) is 6.29. The Labute approximate surface area is 173 Å². The van der Waals surface area contributed by atoms with Crippen LogP contribution in [0.2, 0.25) is 0 Å². The maximum atomic E-state index is 13.5. The largest absolute Gasteiger partial charge is 0.497 e. The quantitative estimate of drug-likeness (QED) is 0.792. The van der Waals surface area contributed by atoms with Gasteiger partial charge in [-0.15, -0.1) is 0 Å². The highest BCUT2D eigenvalue weighted by Crippen LogP contribution is 2.34.